The molecule has 1 aliphatic rings. The topological polar surface area (TPSA) is 43.8 Å². The third-order valence-corrected chi connectivity index (χ3v) is 5.44. The Hall–Kier alpha value is -0.910. The second-order valence-corrected chi connectivity index (χ2v) is 6.55. The third kappa shape index (κ3) is 4.04. The van der Waals surface area contributed by atoms with Gasteiger partial charge in [0.25, 0.3) is 0 Å². The minimum atomic E-state index is -0.702. The number of rotatable bonds is 6. The highest BCUT2D eigenvalue weighted by Gasteiger charge is 2.23. The first-order valence-electron chi connectivity index (χ1n) is 7.37. The maximum atomic E-state index is 10.6. The Morgan fingerprint density at radius 2 is 2.05 bits per heavy atom. The summed E-state index contributed by atoms with van der Waals surface area (Å²) in [5.74, 6) is -0.702. The van der Waals surface area contributed by atoms with Crippen LogP contribution in [0.4, 0.5) is 0 Å². The van der Waals surface area contributed by atoms with Gasteiger partial charge in [0.05, 0.1) is 6.42 Å². The van der Waals surface area contributed by atoms with Crippen LogP contribution in [0.25, 0.3) is 0 Å². The van der Waals surface area contributed by atoms with Crippen molar-refractivity contribution in [1.82, 2.24) is 9.80 Å². The number of thiophene rings is 1. The number of carbonyl (C=O) groups is 1. The quantitative estimate of drug-likeness (QED) is 0.876. The summed E-state index contributed by atoms with van der Waals surface area (Å²) in [6.07, 6.45) is 1.36. The molecule has 0 aliphatic carbocycles. The molecule has 0 aromatic carbocycles. The largest absolute Gasteiger partial charge is 0.481 e. The lowest BCUT2D eigenvalue weighted by molar-refractivity contribution is -0.137. The molecule has 0 spiro atoms. The zero-order valence-electron chi connectivity index (χ0n) is 12.3. The molecule has 1 fully saturated rings. The molecule has 0 amide bonds. The van der Waals surface area contributed by atoms with E-state index in [-0.39, 0.29) is 6.42 Å². The number of hydrogen-bond donors (Lipinski definition) is 1. The Morgan fingerprint density at radius 1 is 1.35 bits per heavy atom. The summed E-state index contributed by atoms with van der Waals surface area (Å²) in [4.78, 5) is 18.2. The number of piperazine rings is 1. The lowest BCUT2D eigenvalue weighted by atomic mass is 10.2. The van der Waals surface area contributed by atoms with Crippen molar-refractivity contribution in [1.29, 1.82) is 0 Å². The summed E-state index contributed by atoms with van der Waals surface area (Å²) in [5.41, 5.74) is 0. The second-order valence-electron chi connectivity index (χ2n) is 5.35. The Labute approximate surface area is 125 Å². The van der Waals surface area contributed by atoms with Gasteiger partial charge in [-0.2, -0.15) is 0 Å². The van der Waals surface area contributed by atoms with Crippen molar-refractivity contribution in [2.24, 2.45) is 0 Å². The fraction of sp³-hybridized carbons (Fsp3) is 0.667. The number of carboxylic acids is 1. The molecule has 2 heterocycles. The third-order valence-electron chi connectivity index (χ3n) is 4.04. The molecule has 112 valence electrons. The number of aliphatic carboxylic acids is 1. The van der Waals surface area contributed by atoms with Gasteiger partial charge in [-0.05, 0) is 25.5 Å². The average Bonchev–Trinajstić information content (AvgIpc) is 2.94. The zero-order chi connectivity index (χ0) is 14.5. The lowest BCUT2D eigenvalue weighted by Gasteiger charge is -2.37. The van der Waals surface area contributed by atoms with Crippen LogP contribution in [-0.4, -0.2) is 53.6 Å². The van der Waals surface area contributed by atoms with E-state index in [1.165, 1.54) is 9.75 Å². The summed E-state index contributed by atoms with van der Waals surface area (Å²) in [6, 6.07) is 4.96. The summed E-state index contributed by atoms with van der Waals surface area (Å²) in [7, 11) is 0. The molecule has 1 unspecified atom stereocenters. The summed E-state index contributed by atoms with van der Waals surface area (Å²) < 4.78 is 0. The van der Waals surface area contributed by atoms with Gasteiger partial charge >= 0.3 is 5.97 Å². The van der Waals surface area contributed by atoms with Gasteiger partial charge in [0.2, 0.25) is 0 Å². The van der Waals surface area contributed by atoms with E-state index >= 15 is 0 Å². The minimum absolute atomic E-state index is 0.250. The van der Waals surface area contributed by atoms with E-state index in [1.54, 1.807) is 0 Å². The van der Waals surface area contributed by atoms with E-state index in [0.717, 1.165) is 32.6 Å². The number of nitrogens with zero attached hydrogens (tertiary/aromatic N) is 2. The van der Waals surface area contributed by atoms with Crippen molar-refractivity contribution in [3.05, 3.63) is 21.9 Å². The predicted octanol–water partition coefficient (Wildman–Crippen LogP) is 2.46. The van der Waals surface area contributed by atoms with Crippen LogP contribution in [-0.2, 0) is 11.2 Å². The van der Waals surface area contributed by atoms with Crippen LogP contribution in [0.3, 0.4) is 0 Å². The van der Waals surface area contributed by atoms with Crippen LogP contribution >= 0.6 is 11.3 Å². The molecule has 0 radical (unpaired) electrons. The van der Waals surface area contributed by atoms with E-state index in [9.17, 15) is 4.79 Å². The van der Waals surface area contributed by atoms with Crippen molar-refractivity contribution >= 4 is 17.3 Å². The Balaban J connectivity index is 1.82. The maximum absolute atomic E-state index is 10.6. The first kappa shape index (κ1) is 15.5. The Bertz CT molecular complexity index is 439. The van der Waals surface area contributed by atoms with Crippen molar-refractivity contribution in [2.45, 2.75) is 32.7 Å². The average molecular weight is 296 g/mol. The van der Waals surface area contributed by atoms with Crippen LogP contribution in [0.5, 0.6) is 0 Å². The minimum Gasteiger partial charge on any atom is -0.481 e. The van der Waals surface area contributed by atoms with E-state index < -0.39 is 5.97 Å². The van der Waals surface area contributed by atoms with Crippen LogP contribution in [0, 0.1) is 0 Å². The number of carboxylic acid groups (broad SMARTS) is 1. The molecular formula is C15H24N2O2S. The number of aryl methyl sites for hydroxylation is 1. The predicted molar refractivity (Wildman–Crippen MR) is 82.4 cm³/mol. The van der Waals surface area contributed by atoms with Crippen LogP contribution in [0.15, 0.2) is 12.1 Å². The summed E-state index contributed by atoms with van der Waals surface area (Å²) in [6.45, 7) is 9.16. The summed E-state index contributed by atoms with van der Waals surface area (Å²) >= 11 is 1.92. The van der Waals surface area contributed by atoms with Crippen molar-refractivity contribution in [2.75, 3.05) is 32.7 Å². The fourth-order valence-corrected chi connectivity index (χ4v) is 3.66. The van der Waals surface area contributed by atoms with Crippen LogP contribution in [0.2, 0.25) is 0 Å². The smallest absolute Gasteiger partial charge is 0.304 e. The van der Waals surface area contributed by atoms with E-state index in [2.05, 4.69) is 35.8 Å². The maximum Gasteiger partial charge on any atom is 0.304 e. The van der Waals surface area contributed by atoms with Gasteiger partial charge in [-0.25, -0.2) is 0 Å². The van der Waals surface area contributed by atoms with Crippen LogP contribution < -0.4 is 0 Å². The van der Waals surface area contributed by atoms with Gasteiger partial charge < -0.3 is 10.0 Å². The molecular weight excluding hydrogens is 272 g/mol. The monoisotopic (exact) mass is 296 g/mol. The van der Waals surface area contributed by atoms with Gasteiger partial charge in [-0.3, -0.25) is 9.69 Å². The SMILES string of the molecule is CCc1ccc(C(C)N2CCN(CCC(=O)O)CC2)s1. The van der Waals surface area contributed by atoms with Crippen molar-refractivity contribution < 1.29 is 9.90 Å². The standard InChI is InChI=1S/C15H24N2O2S/c1-3-13-4-5-14(20-13)12(2)17-10-8-16(9-11-17)7-6-15(18)19/h4-5,12H,3,6-11H2,1-2H3,(H,18,19). The normalized spacial score (nSPS) is 19.1. The lowest BCUT2D eigenvalue weighted by Crippen LogP contribution is -2.47. The molecule has 1 aliphatic heterocycles. The van der Waals surface area contributed by atoms with E-state index in [0.29, 0.717) is 12.6 Å². The second kappa shape index (κ2) is 7.20. The molecule has 4 nitrogen and oxygen atoms in total. The highest BCUT2D eigenvalue weighted by atomic mass is 32.1. The molecule has 1 atom stereocenters. The van der Waals surface area contributed by atoms with E-state index in [4.69, 9.17) is 5.11 Å². The molecule has 1 aromatic rings. The van der Waals surface area contributed by atoms with Gasteiger partial charge in [0.1, 0.15) is 0 Å². The number of hydrogen-bond acceptors (Lipinski definition) is 4. The highest BCUT2D eigenvalue weighted by molar-refractivity contribution is 7.12. The molecule has 1 N–H and O–H groups in total. The molecule has 1 saturated heterocycles. The van der Waals surface area contributed by atoms with Gasteiger partial charge in [-0.15, -0.1) is 11.3 Å². The van der Waals surface area contributed by atoms with Gasteiger partial charge in [-0.1, -0.05) is 6.92 Å². The molecule has 0 saturated carbocycles. The first-order chi connectivity index (χ1) is 9.60. The van der Waals surface area contributed by atoms with Crippen LogP contribution in [0.1, 0.15) is 36.1 Å². The van der Waals surface area contributed by atoms with E-state index in [1.807, 2.05) is 11.3 Å². The highest BCUT2D eigenvalue weighted by Crippen LogP contribution is 2.28. The first-order valence-corrected chi connectivity index (χ1v) is 8.18. The molecule has 2 rings (SSSR count). The molecule has 1 aromatic heterocycles. The molecule has 5 heteroatoms. The Kier molecular flexibility index (Phi) is 5.57. The molecule has 20 heavy (non-hydrogen) atoms. The molecule has 0 bridgehead atoms. The van der Waals surface area contributed by atoms with Crippen molar-refractivity contribution in [3.63, 3.8) is 0 Å². The summed E-state index contributed by atoms with van der Waals surface area (Å²) in [5, 5.41) is 8.72. The zero-order valence-corrected chi connectivity index (χ0v) is 13.2. The van der Waals surface area contributed by atoms with Gasteiger partial charge in [0.15, 0.2) is 0 Å². The van der Waals surface area contributed by atoms with Gasteiger partial charge in [0, 0.05) is 48.5 Å². The Morgan fingerprint density at radius 3 is 2.60 bits per heavy atom. The van der Waals surface area contributed by atoms with Crippen molar-refractivity contribution in [3.8, 4) is 0 Å². The fourth-order valence-electron chi connectivity index (χ4n) is 2.62.